The quantitative estimate of drug-likeness (QED) is 0.557. The molecular weight excluding hydrogens is 110 g/mol. The van der Waals surface area contributed by atoms with Gasteiger partial charge in [0.05, 0.1) is 0 Å². The van der Waals surface area contributed by atoms with Gasteiger partial charge in [-0.2, -0.15) is 0 Å². The molecule has 0 amide bonds. The molecule has 0 rings (SSSR count). The van der Waals surface area contributed by atoms with Crippen molar-refractivity contribution in [2.24, 2.45) is 11.3 Å². The smallest absolute Gasteiger partial charge is 0.0131 e. The standard InChI is InChI=1S/C8H18N/c1-5-8(3,4)7(2)6-9/h7,9H,5-6H2,1-4H3. The third kappa shape index (κ3) is 2.35. The van der Waals surface area contributed by atoms with Gasteiger partial charge in [-0.1, -0.05) is 34.1 Å². The van der Waals surface area contributed by atoms with Crippen LogP contribution in [0.4, 0.5) is 0 Å². The Morgan fingerprint density at radius 3 is 2.00 bits per heavy atom. The summed E-state index contributed by atoms with van der Waals surface area (Å²) in [5.41, 5.74) is 7.53. The van der Waals surface area contributed by atoms with Crippen molar-refractivity contribution in [3.05, 3.63) is 0 Å². The van der Waals surface area contributed by atoms with Crippen LogP contribution >= 0.6 is 0 Å². The van der Waals surface area contributed by atoms with E-state index >= 15 is 0 Å². The first-order valence-electron chi connectivity index (χ1n) is 3.69. The predicted molar refractivity (Wildman–Crippen MR) is 41.2 cm³/mol. The fourth-order valence-corrected chi connectivity index (χ4v) is 0.625. The van der Waals surface area contributed by atoms with Crippen LogP contribution in [0.2, 0.25) is 0 Å². The van der Waals surface area contributed by atoms with Crippen LogP contribution in [0.5, 0.6) is 0 Å². The lowest BCUT2D eigenvalue weighted by molar-refractivity contribution is 0.226. The molecule has 1 radical (unpaired) electrons. The van der Waals surface area contributed by atoms with Gasteiger partial charge >= 0.3 is 0 Å². The van der Waals surface area contributed by atoms with Gasteiger partial charge < -0.3 is 0 Å². The molecule has 0 aromatic heterocycles. The molecule has 9 heavy (non-hydrogen) atoms. The maximum absolute atomic E-state index is 7.17. The van der Waals surface area contributed by atoms with Crippen LogP contribution in [-0.4, -0.2) is 6.54 Å². The van der Waals surface area contributed by atoms with E-state index in [-0.39, 0.29) is 0 Å². The average Bonchev–Trinajstić information content (AvgIpc) is 1.86. The number of rotatable bonds is 3. The Balaban J connectivity index is 3.80. The predicted octanol–water partition coefficient (Wildman–Crippen LogP) is 2.34. The summed E-state index contributed by atoms with van der Waals surface area (Å²) in [5.74, 6) is 0.530. The molecule has 0 saturated carbocycles. The maximum atomic E-state index is 7.17. The average molecular weight is 128 g/mol. The van der Waals surface area contributed by atoms with Crippen molar-refractivity contribution < 1.29 is 0 Å². The van der Waals surface area contributed by atoms with Gasteiger partial charge in [0.25, 0.3) is 0 Å². The van der Waals surface area contributed by atoms with E-state index in [1.54, 1.807) is 0 Å². The number of hydrogen-bond donors (Lipinski definition) is 0. The van der Waals surface area contributed by atoms with Gasteiger partial charge in [-0.3, -0.25) is 5.73 Å². The topological polar surface area (TPSA) is 23.8 Å². The van der Waals surface area contributed by atoms with Gasteiger partial charge in [0.1, 0.15) is 0 Å². The highest BCUT2D eigenvalue weighted by Gasteiger charge is 2.21. The van der Waals surface area contributed by atoms with E-state index in [0.717, 1.165) is 0 Å². The highest BCUT2D eigenvalue weighted by atomic mass is 14.6. The lowest BCUT2D eigenvalue weighted by Gasteiger charge is -2.28. The third-order valence-electron chi connectivity index (χ3n) is 2.55. The molecule has 55 valence electrons. The Labute approximate surface area is 58.6 Å². The molecular formula is C8H18N. The van der Waals surface area contributed by atoms with Gasteiger partial charge in [-0.15, -0.1) is 0 Å². The molecule has 0 saturated heterocycles. The minimum atomic E-state index is 0.363. The van der Waals surface area contributed by atoms with Crippen molar-refractivity contribution in [1.82, 2.24) is 5.73 Å². The zero-order valence-corrected chi connectivity index (χ0v) is 6.99. The second-order valence-electron chi connectivity index (χ2n) is 3.45. The minimum absolute atomic E-state index is 0.363. The first-order valence-corrected chi connectivity index (χ1v) is 3.69. The summed E-state index contributed by atoms with van der Waals surface area (Å²) in [4.78, 5) is 0. The Morgan fingerprint density at radius 2 is 1.89 bits per heavy atom. The fourth-order valence-electron chi connectivity index (χ4n) is 0.625. The molecule has 1 nitrogen and oxygen atoms in total. The summed E-state index contributed by atoms with van der Waals surface area (Å²) in [6.07, 6.45) is 1.17. The van der Waals surface area contributed by atoms with Gasteiger partial charge in [0.15, 0.2) is 0 Å². The minimum Gasteiger partial charge on any atom is -0.258 e. The summed E-state index contributed by atoms with van der Waals surface area (Å²) < 4.78 is 0. The lowest BCUT2D eigenvalue weighted by Crippen LogP contribution is -2.23. The second-order valence-corrected chi connectivity index (χ2v) is 3.45. The third-order valence-corrected chi connectivity index (χ3v) is 2.55. The first kappa shape index (κ1) is 8.96. The molecule has 1 unspecified atom stereocenters. The Kier molecular flexibility index (Phi) is 3.20. The molecule has 0 aromatic carbocycles. The zero-order valence-electron chi connectivity index (χ0n) is 6.99. The molecule has 0 bridgehead atoms. The number of hydrogen-bond acceptors (Lipinski definition) is 0. The van der Waals surface area contributed by atoms with E-state index in [9.17, 15) is 0 Å². The van der Waals surface area contributed by atoms with Crippen molar-refractivity contribution in [2.75, 3.05) is 6.54 Å². The summed E-state index contributed by atoms with van der Waals surface area (Å²) in [6.45, 7) is 9.35. The maximum Gasteiger partial charge on any atom is 0.0131 e. The Morgan fingerprint density at radius 1 is 1.44 bits per heavy atom. The van der Waals surface area contributed by atoms with Gasteiger partial charge in [-0.25, -0.2) is 0 Å². The highest BCUT2D eigenvalue weighted by Crippen LogP contribution is 2.28. The first-order chi connectivity index (χ1) is 4.04. The van der Waals surface area contributed by atoms with Crippen LogP contribution in [0, 0.1) is 11.3 Å². The van der Waals surface area contributed by atoms with Crippen LogP contribution in [0.1, 0.15) is 34.1 Å². The van der Waals surface area contributed by atoms with E-state index < -0.39 is 0 Å². The van der Waals surface area contributed by atoms with Crippen LogP contribution < -0.4 is 5.73 Å². The molecule has 0 fully saturated rings. The van der Waals surface area contributed by atoms with E-state index in [2.05, 4.69) is 27.7 Å². The molecule has 0 aromatic rings. The van der Waals surface area contributed by atoms with Crippen molar-refractivity contribution >= 4 is 0 Å². The van der Waals surface area contributed by atoms with Gasteiger partial charge in [-0.05, 0) is 11.3 Å². The van der Waals surface area contributed by atoms with E-state index in [0.29, 0.717) is 17.9 Å². The zero-order chi connectivity index (χ0) is 7.49. The largest absolute Gasteiger partial charge is 0.258 e. The molecule has 1 atom stereocenters. The van der Waals surface area contributed by atoms with Crippen molar-refractivity contribution in [2.45, 2.75) is 34.1 Å². The number of nitrogens with one attached hydrogen (secondary N) is 1. The molecule has 0 spiro atoms. The van der Waals surface area contributed by atoms with Crippen LogP contribution in [0.3, 0.4) is 0 Å². The van der Waals surface area contributed by atoms with Crippen LogP contribution in [0.15, 0.2) is 0 Å². The Bertz CT molecular complexity index is 76.6. The van der Waals surface area contributed by atoms with E-state index in [4.69, 9.17) is 5.73 Å². The SMILES string of the molecule is CCC(C)(C)C(C)C[NH]. The molecule has 0 aliphatic carbocycles. The Hall–Kier alpha value is -0.0400. The molecule has 0 aliphatic rings. The second kappa shape index (κ2) is 3.21. The molecule has 1 heteroatoms. The summed E-state index contributed by atoms with van der Waals surface area (Å²) in [7, 11) is 0. The highest BCUT2D eigenvalue weighted by molar-refractivity contribution is 4.73. The molecule has 0 aliphatic heterocycles. The van der Waals surface area contributed by atoms with Crippen LogP contribution in [-0.2, 0) is 0 Å². The van der Waals surface area contributed by atoms with E-state index in [1.165, 1.54) is 6.42 Å². The van der Waals surface area contributed by atoms with Gasteiger partial charge in [0.2, 0.25) is 0 Å². The van der Waals surface area contributed by atoms with E-state index in [1.807, 2.05) is 0 Å². The summed E-state index contributed by atoms with van der Waals surface area (Å²) in [5, 5.41) is 0. The van der Waals surface area contributed by atoms with Crippen molar-refractivity contribution in [1.29, 1.82) is 0 Å². The normalized spacial score (nSPS) is 15.7. The lowest BCUT2D eigenvalue weighted by atomic mass is 9.78. The monoisotopic (exact) mass is 128 g/mol. The van der Waals surface area contributed by atoms with Crippen LogP contribution in [0.25, 0.3) is 0 Å². The summed E-state index contributed by atoms with van der Waals surface area (Å²) in [6, 6.07) is 0. The molecule has 1 N–H and O–H groups in total. The fraction of sp³-hybridized carbons (Fsp3) is 1.00. The molecule has 0 heterocycles. The summed E-state index contributed by atoms with van der Waals surface area (Å²) >= 11 is 0. The van der Waals surface area contributed by atoms with Crippen molar-refractivity contribution in [3.8, 4) is 0 Å². The van der Waals surface area contributed by atoms with Gasteiger partial charge in [0, 0.05) is 6.54 Å². The van der Waals surface area contributed by atoms with Crippen molar-refractivity contribution in [3.63, 3.8) is 0 Å².